The van der Waals surface area contributed by atoms with Crippen molar-refractivity contribution >= 4 is 30.1 Å². The van der Waals surface area contributed by atoms with Crippen molar-refractivity contribution in [1.29, 1.82) is 0 Å². The highest BCUT2D eigenvalue weighted by atomic mass is 35.5. The summed E-state index contributed by atoms with van der Waals surface area (Å²) < 4.78 is 0. The number of nitrogens with zero attached hydrogens (tertiary/aromatic N) is 2. The molecule has 2 heterocycles. The average Bonchev–Trinajstić information content (AvgIpc) is 3.19. The van der Waals surface area contributed by atoms with Crippen LogP contribution in [0.2, 0.25) is 0 Å². The Morgan fingerprint density at radius 3 is 2.30 bits per heavy atom. The van der Waals surface area contributed by atoms with Crippen molar-refractivity contribution in [2.24, 2.45) is 5.73 Å². The molecule has 7 heteroatoms. The first-order valence-corrected chi connectivity index (χ1v) is 8.63. The molecule has 0 spiro atoms. The number of benzene rings is 2. The van der Waals surface area contributed by atoms with E-state index in [9.17, 15) is 14.4 Å². The quantitative estimate of drug-likeness (QED) is 0.820. The van der Waals surface area contributed by atoms with Crippen LogP contribution in [0.5, 0.6) is 0 Å². The van der Waals surface area contributed by atoms with Gasteiger partial charge >= 0.3 is 0 Å². The lowest BCUT2D eigenvalue weighted by Gasteiger charge is -2.17. The molecule has 2 aliphatic heterocycles. The van der Waals surface area contributed by atoms with Gasteiger partial charge in [0.25, 0.3) is 17.7 Å². The fourth-order valence-electron chi connectivity index (χ4n) is 3.52. The molecule has 2 N–H and O–H groups in total. The maximum Gasteiger partial charge on any atom is 0.261 e. The van der Waals surface area contributed by atoms with Crippen LogP contribution >= 0.6 is 12.4 Å². The summed E-state index contributed by atoms with van der Waals surface area (Å²) in [7, 11) is 0. The predicted octanol–water partition coefficient (Wildman–Crippen LogP) is 2.08. The molecular formula is C20H20ClN3O3. The number of hydrogen-bond donors (Lipinski definition) is 1. The Kier molecular flexibility index (Phi) is 5.30. The fourth-order valence-corrected chi connectivity index (χ4v) is 3.52. The van der Waals surface area contributed by atoms with E-state index in [0.29, 0.717) is 29.8 Å². The molecule has 0 aromatic heterocycles. The topological polar surface area (TPSA) is 83.7 Å². The van der Waals surface area contributed by atoms with Crippen molar-refractivity contribution in [3.05, 3.63) is 70.8 Å². The summed E-state index contributed by atoms with van der Waals surface area (Å²) in [4.78, 5) is 40.6. The van der Waals surface area contributed by atoms with Gasteiger partial charge in [-0.05, 0) is 36.2 Å². The SMILES string of the molecule is Cl.N[C@@H]1CCN(C(=O)c2cccc(CN3C(=O)c4ccccc4C3=O)c2)C1. The van der Waals surface area contributed by atoms with Gasteiger partial charge < -0.3 is 10.6 Å². The maximum absolute atomic E-state index is 12.6. The van der Waals surface area contributed by atoms with Crippen LogP contribution in [0.15, 0.2) is 48.5 Å². The zero-order valence-electron chi connectivity index (χ0n) is 14.6. The van der Waals surface area contributed by atoms with Gasteiger partial charge in [-0.15, -0.1) is 12.4 Å². The Hall–Kier alpha value is -2.70. The number of likely N-dealkylation sites (tertiary alicyclic amines) is 1. The van der Waals surface area contributed by atoms with E-state index in [2.05, 4.69) is 0 Å². The third kappa shape index (κ3) is 3.46. The Bertz CT molecular complexity index is 880. The first-order chi connectivity index (χ1) is 12.5. The lowest BCUT2D eigenvalue weighted by Crippen LogP contribution is -2.32. The number of amides is 3. The molecule has 0 saturated carbocycles. The molecule has 0 radical (unpaired) electrons. The van der Waals surface area contributed by atoms with E-state index >= 15 is 0 Å². The summed E-state index contributed by atoms with van der Waals surface area (Å²) in [6.45, 7) is 1.36. The van der Waals surface area contributed by atoms with Crippen molar-refractivity contribution < 1.29 is 14.4 Å². The number of hydrogen-bond acceptors (Lipinski definition) is 4. The highest BCUT2D eigenvalue weighted by Crippen LogP contribution is 2.24. The predicted molar refractivity (Wildman–Crippen MR) is 103 cm³/mol. The number of nitrogens with two attached hydrogens (primary N) is 1. The Labute approximate surface area is 163 Å². The number of halogens is 1. The summed E-state index contributed by atoms with van der Waals surface area (Å²) in [6, 6.07) is 13.9. The molecule has 6 nitrogen and oxygen atoms in total. The van der Waals surface area contributed by atoms with Gasteiger partial charge in [-0.25, -0.2) is 0 Å². The third-order valence-corrected chi connectivity index (χ3v) is 4.90. The minimum Gasteiger partial charge on any atom is -0.337 e. The van der Waals surface area contributed by atoms with Crippen LogP contribution in [0.1, 0.15) is 43.1 Å². The van der Waals surface area contributed by atoms with Crippen molar-refractivity contribution in [2.45, 2.75) is 19.0 Å². The average molecular weight is 386 g/mol. The summed E-state index contributed by atoms with van der Waals surface area (Å²) in [5, 5.41) is 0. The highest BCUT2D eigenvalue weighted by molar-refractivity contribution is 6.21. The second kappa shape index (κ2) is 7.50. The van der Waals surface area contributed by atoms with Gasteiger partial charge in [0, 0.05) is 24.7 Å². The molecular weight excluding hydrogens is 366 g/mol. The molecule has 1 fully saturated rings. The summed E-state index contributed by atoms with van der Waals surface area (Å²) in [6.07, 6.45) is 0.806. The van der Waals surface area contributed by atoms with Crippen molar-refractivity contribution in [3.63, 3.8) is 0 Å². The van der Waals surface area contributed by atoms with Gasteiger partial charge in [0.1, 0.15) is 0 Å². The molecule has 0 bridgehead atoms. The van der Waals surface area contributed by atoms with E-state index in [4.69, 9.17) is 5.73 Å². The Morgan fingerprint density at radius 2 is 1.70 bits per heavy atom. The third-order valence-electron chi connectivity index (χ3n) is 4.90. The lowest BCUT2D eigenvalue weighted by atomic mass is 10.1. The largest absolute Gasteiger partial charge is 0.337 e. The first-order valence-electron chi connectivity index (χ1n) is 8.63. The zero-order valence-corrected chi connectivity index (χ0v) is 15.4. The number of fused-ring (bicyclic) bond motifs is 1. The van der Waals surface area contributed by atoms with Crippen LogP contribution in [0.25, 0.3) is 0 Å². The van der Waals surface area contributed by atoms with Crippen LogP contribution in [0.4, 0.5) is 0 Å². The molecule has 27 heavy (non-hydrogen) atoms. The van der Waals surface area contributed by atoms with Gasteiger partial charge in [0.2, 0.25) is 0 Å². The van der Waals surface area contributed by atoms with Gasteiger partial charge in [-0.3, -0.25) is 19.3 Å². The molecule has 3 amide bonds. The molecule has 1 atom stereocenters. The van der Waals surface area contributed by atoms with E-state index in [1.165, 1.54) is 4.90 Å². The molecule has 0 aliphatic carbocycles. The summed E-state index contributed by atoms with van der Waals surface area (Å²) >= 11 is 0. The molecule has 4 rings (SSSR count). The summed E-state index contributed by atoms with van der Waals surface area (Å²) in [5.74, 6) is -0.664. The molecule has 0 unspecified atom stereocenters. The monoisotopic (exact) mass is 385 g/mol. The molecule has 2 aromatic rings. The minimum atomic E-state index is -0.298. The second-order valence-corrected chi connectivity index (χ2v) is 6.74. The van der Waals surface area contributed by atoms with Crippen LogP contribution in [0, 0.1) is 0 Å². The van der Waals surface area contributed by atoms with Crippen LogP contribution in [-0.4, -0.2) is 46.7 Å². The maximum atomic E-state index is 12.6. The van der Waals surface area contributed by atoms with E-state index in [1.807, 2.05) is 6.07 Å². The first kappa shape index (κ1) is 19.1. The van der Waals surface area contributed by atoms with E-state index in [-0.39, 0.29) is 42.7 Å². The van der Waals surface area contributed by atoms with Gasteiger partial charge in [-0.1, -0.05) is 24.3 Å². The Balaban J connectivity index is 0.00000210. The minimum absolute atomic E-state index is 0. The van der Waals surface area contributed by atoms with Gasteiger partial charge in [-0.2, -0.15) is 0 Å². The number of imide groups is 1. The van der Waals surface area contributed by atoms with Crippen molar-refractivity contribution in [2.75, 3.05) is 13.1 Å². The standard InChI is InChI=1S/C20H19N3O3.ClH/c21-15-8-9-22(12-15)18(24)14-5-3-4-13(10-14)11-23-19(25)16-6-1-2-7-17(16)20(23)26;/h1-7,10,15H,8-9,11-12,21H2;1H/t15-;/m1./s1. The number of carbonyl (C=O) groups is 3. The van der Waals surface area contributed by atoms with Crippen molar-refractivity contribution in [1.82, 2.24) is 9.80 Å². The van der Waals surface area contributed by atoms with Crippen LogP contribution in [-0.2, 0) is 6.54 Å². The van der Waals surface area contributed by atoms with Crippen LogP contribution in [0.3, 0.4) is 0 Å². The number of carbonyl (C=O) groups excluding carboxylic acids is 3. The molecule has 2 aromatic carbocycles. The second-order valence-electron chi connectivity index (χ2n) is 6.74. The summed E-state index contributed by atoms with van der Waals surface area (Å²) in [5.41, 5.74) is 8.02. The molecule has 1 saturated heterocycles. The van der Waals surface area contributed by atoms with Gasteiger partial charge in [0.05, 0.1) is 17.7 Å². The number of rotatable bonds is 3. The van der Waals surface area contributed by atoms with E-state index < -0.39 is 0 Å². The normalized spacial score (nSPS) is 18.5. The lowest BCUT2D eigenvalue weighted by molar-refractivity contribution is 0.0642. The zero-order chi connectivity index (χ0) is 18.3. The molecule has 140 valence electrons. The fraction of sp³-hybridized carbons (Fsp3) is 0.250. The van der Waals surface area contributed by atoms with E-state index in [1.54, 1.807) is 47.4 Å². The van der Waals surface area contributed by atoms with Crippen LogP contribution < -0.4 is 5.73 Å². The highest BCUT2D eigenvalue weighted by Gasteiger charge is 2.35. The van der Waals surface area contributed by atoms with Crippen molar-refractivity contribution in [3.8, 4) is 0 Å². The smallest absolute Gasteiger partial charge is 0.261 e. The Morgan fingerprint density at radius 1 is 1.04 bits per heavy atom. The van der Waals surface area contributed by atoms with Gasteiger partial charge in [0.15, 0.2) is 0 Å². The molecule has 2 aliphatic rings. The van der Waals surface area contributed by atoms with E-state index in [0.717, 1.165) is 12.0 Å².